The van der Waals surface area contributed by atoms with Gasteiger partial charge >= 0.3 is 36.4 Å². The Hall–Kier alpha value is -9.27. The Morgan fingerprint density at radius 3 is 1.11 bits per heavy atom. The number of ether oxygens (including phenoxy) is 9. The normalized spacial score (nSPS) is 23.9. The summed E-state index contributed by atoms with van der Waals surface area (Å²) in [5.41, 5.74) is 0.599. The van der Waals surface area contributed by atoms with Crippen molar-refractivity contribution in [3.8, 4) is 51.4 Å². The van der Waals surface area contributed by atoms with Gasteiger partial charge in [-0.05, 0) is 96.7 Å². The van der Waals surface area contributed by atoms with Gasteiger partial charge in [0.25, 0.3) is 11.8 Å². The SMILES string of the molecule is CC(C)(C)OC(=O)N1CC2COCC(C1)C2COc1ncc(-c2ccc(S(C)(=O)=O)cc2F)cn1.CC1(OC(=O)N2CC3COCC(C2)C3COc2ncc(-c3ccc(S(C)(=O)=O)cc3F)cn2)CC1.CC1(OC(=O)ON2C(=O)CCC2=O)CC1.CS(=O)(=O)c1ccc(-c2cnc(OCC3C4CNCC3COC4)nc2)c(F)c1. The van der Waals surface area contributed by atoms with E-state index in [0.717, 1.165) is 89.0 Å². The number of hydrogen-bond acceptors (Lipinski definition) is 28. The van der Waals surface area contributed by atoms with Crippen molar-refractivity contribution in [2.75, 3.05) is 117 Å². The van der Waals surface area contributed by atoms with Gasteiger partial charge in [-0.3, -0.25) is 14.4 Å². The van der Waals surface area contributed by atoms with Crippen molar-refractivity contribution < 1.29 is 110 Å². The third-order valence-electron chi connectivity index (χ3n) is 21.0. The molecule has 31 nitrogen and oxygen atoms in total. The lowest BCUT2D eigenvalue weighted by Gasteiger charge is -2.46. The van der Waals surface area contributed by atoms with Crippen LogP contribution in [0.15, 0.2) is 106 Å². The number of sulfone groups is 3. The summed E-state index contributed by atoms with van der Waals surface area (Å²) >= 11 is 0. The molecule has 1 N–H and O–H groups in total. The number of carbonyl (C=O) groups is 5. The van der Waals surface area contributed by atoms with Crippen molar-refractivity contribution in [3.63, 3.8) is 0 Å². The molecule has 37 heteroatoms. The minimum absolute atomic E-state index is 0.0638. The number of imide groups is 1. The van der Waals surface area contributed by atoms with E-state index >= 15 is 0 Å². The van der Waals surface area contributed by atoms with Crippen LogP contribution in [0.3, 0.4) is 0 Å². The van der Waals surface area contributed by atoms with E-state index in [9.17, 15) is 62.4 Å². The minimum Gasteiger partial charge on any atom is -0.463 e. The van der Waals surface area contributed by atoms with E-state index in [1.165, 1.54) is 73.6 Å². The maximum absolute atomic E-state index is 14.5. The molecule has 9 fully saturated rings. The van der Waals surface area contributed by atoms with E-state index in [0.29, 0.717) is 112 Å². The van der Waals surface area contributed by atoms with Gasteiger partial charge in [-0.1, -0.05) is 23.3 Å². The molecule has 10 heterocycles. The van der Waals surface area contributed by atoms with Gasteiger partial charge in [0, 0.05) is 195 Å². The zero-order valence-electron chi connectivity index (χ0n) is 63.7. The lowest BCUT2D eigenvalue weighted by atomic mass is 9.77. The number of benzene rings is 3. The summed E-state index contributed by atoms with van der Waals surface area (Å²) in [7, 11) is -10.5. The van der Waals surface area contributed by atoms with Crippen LogP contribution in [0, 0.1) is 70.7 Å². The Balaban J connectivity index is 0.000000145. The predicted molar refractivity (Wildman–Crippen MR) is 395 cm³/mol. The molecule has 7 saturated heterocycles. The molecule has 2 saturated carbocycles. The highest BCUT2D eigenvalue weighted by Crippen LogP contribution is 2.42. The summed E-state index contributed by atoms with van der Waals surface area (Å²) in [6.07, 6.45) is 13.8. The Morgan fingerprint density at radius 1 is 0.487 bits per heavy atom. The number of hydrogen-bond donors (Lipinski definition) is 1. The van der Waals surface area contributed by atoms with Gasteiger partial charge in [0.05, 0.1) is 74.1 Å². The van der Waals surface area contributed by atoms with Crippen molar-refractivity contribution in [2.45, 2.75) is 105 Å². The Bertz CT molecular complexity index is 4590. The first-order chi connectivity index (χ1) is 53.4. The monoisotopic (exact) mass is 1630 g/mol. The molecule has 610 valence electrons. The van der Waals surface area contributed by atoms with Gasteiger partial charge in [0.1, 0.15) is 34.3 Å². The Kier molecular flexibility index (Phi) is 25.3. The topological polar surface area (TPSA) is 379 Å². The molecule has 2 aliphatic carbocycles. The zero-order valence-corrected chi connectivity index (χ0v) is 66.1. The largest absolute Gasteiger partial charge is 0.534 e. The number of amides is 4. The summed E-state index contributed by atoms with van der Waals surface area (Å²) < 4.78 is 163. The third kappa shape index (κ3) is 21.8. The first-order valence-electron chi connectivity index (χ1n) is 36.9. The number of rotatable bonds is 18. The van der Waals surface area contributed by atoms with Gasteiger partial charge < -0.3 is 57.7 Å². The predicted octanol–water partition coefficient (Wildman–Crippen LogP) is 8.45. The molecule has 0 spiro atoms. The number of nitrogens with zero attached hydrogens (tertiary/aromatic N) is 9. The highest BCUT2D eigenvalue weighted by Gasteiger charge is 2.48. The van der Waals surface area contributed by atoms with Crippen molar-refractivity contribution in [3.05, 3.63) is 109 Å². The van der Waals surface area contributed by atoms with Gasteiger partial charge in [-0.2, -0.15) is 0 Å². The Labute approximate surface area is 652 Å². The summed E-state index contributed by atoms with van der Waals surface area (Å²) in [5.74, 6) is -0.892. The number of halogens is 3. The number of likely N-dealkylation sites (tertiary alicyclic amines) is 2. The van der Waals surface area contributed by atoms with Crippen LogP contribution < -0.4 is 19.5 Å². The molecule has 6 bridgehead atoms. The number of carbonyl (C=O) groups excluding carboxylic acids is 5. The molecule has 15 rings (SSSR count). The highest BCUT2D eigenvalue weighted by atomic mass is 32.2. The molecule has 9 aliphatic rings. The fraction of sp³-hybridized carbons (Fsp3) is 0.539. The van der Waals surface area contributed by atoms with Crippen molar-refractivity contribution in [1.29, 1.82) is 0 Å². The van der Waals surface area contributed by atoms with E-state index in [2.05, 4.69) is 40.1 Å². The van der Waals surface area contributed by atoms with Gasteiger partial charge in [0.2, 0.25) is 0 Å². The van der Waals surface area contributed by atoms with Crippen LogP contribution in [0.25, 0.3) is 33.4 Å². The van der Waals surface area contributed by atoms with Crippen LogP contribution in [0.4, 0.5) is 27.6 Å². The van der Waals surface area contributed by atoms with E-state index < -0.39 is 76.1 Å². The lowest BCUT2D eigenvalue weighted by Crippen LogP contribution is -2.56. The summed E-state index contributed by atoms with van der Waals surface area (Å²) in [4.78, 5) is 91.4. The van der Waals surface area contributed by atoms with Crippen LogP contribution in [-0.4, -0.2) is 234 Å². The van der Waals surface area contributed by atoms with Crippen molar-refractivity contribution in [1.82, 2.24) is 50.1 Å². The molecule has 6 atom stereocenters. The fourth-order valence-electron chi connectivity index (χ4n) is 14.1. The Morgan fingerprint density at radius 2 is 0.796 bits per heavy atom. The van der Waals surface area contributed by atoms with Crippen molar-refractivity contribution >= 4 is 59.7 Å². The van der Waals surface area contributed by atoms with E-state index in [-0.39, 0.29) is 116 Å². The molecule has 4 amide bonds. The van der Waals surface area contributed by atoms with Crippen LogP contribution in [0.2, 0.25) is 0 Å². The molecule has 113 heavy (non-hydrogen) atoms. The summed E-state index contributed by atoms with van der Waals surface area (Å²) in [6.45, 7) is 18.2. The first-order valence-corrected chi connectivity index (χ1v) is 42.6. The molecular formula is C76H91F3N10O21S3. The minimum atomic E-state index is -3.50. The third-order valence-corrected chi connectivity index (χ3v) is 24.4. The van der Waals surface area contributed by atoms with E-state index in [4.69, 9.17) is 42.6 Å². The average Bonchev–Trinajstić information content (AvgIpc) is 1.17. The molecule has 3 aromatic carbocycles. The number of nitrogens with one attached hydrogen (secondary N) is 1. The second kappa shape index (κ2) is 34.4. The molecule has 3 aromatic heterocycles. The van der Waals surface area contributed by atoms with Crippen LogP contribution in [-0.2, 0) is 72.4 Å². The maximum Gasteiger partial charge on any atom is 0.534 e. The average molecular weight is 1630 g/mol. The number of hydroxylamine groups is 2. The molecule has 0 radical (unpaired) electrons. The number of piperidine rings is 3. The molecular weight excluding hydrogens is 1540 g/mol. The van der Waals surface area contributed by atoms with Crippen LogP contribution >= 0.6 is 0 Å². The van der Waals surface area contributed by atoms with Crippen LogP contribution in [0.5, 0.6) is 18.0 Å². The van der Waals surface area contributed by atoms with Gasteiger partial charge in [-0.15, -0.1) is 0 Å². The molecule has 7 aliphatic heterocycles. The quantitative estimate of drug-likeness (QED) is 0.0479. The van der Waals surface area contributed by atoms with Crippen LogP contribution in [0.1, 0.15) is 73.1 Å². The number of aromatic nitrogens is 6. The molecule has 6 unspecified atom stereocenters. The smallest absolute Gasteiger partial charge is 0.463 e. The maximum atomic E-state index is 14.5. The first kappa shape index (κ1) is 83.2. The second-order valence-electron chi connectivity index (χ2n) is 31.3. The fourth-order valence-corrected chi connectivity index (χ4v) is 16.0. The lowest BCUT2D eigenvalue weighted by molar-refractivity contribution is -0.179. The van der Waals surface area contributed by atoms with Gasteiger partial charge in [0.15, 0.2) is 29.5 Å². The van der Waals surface area contributed by atoms with Gasteiger partial charge in [-0.25, -0.2) is 82.7 Å². The highest BCUT2D eigenvalue weighted by molar-refractivity contribution is 7.91. The summed E-state index contributed by atoms with van der Waals surface area (Å²) in [6, 6.07) is 11.8. The molecule has 6 aromatic rings. The second-order valence-corrected chi connectivity index (χ2v) is 37.4. The standard InChI is InChI=1S/C24H28FN3O6S.C24H30FN3O6S.C19H22FN3O4S.C9H11NO5/c1-24(5-6-24)34-23(29)28-10-16-12-32-13-17(11-28)20(16)14-33-22-26-8-15(9-27-22)19-4-3-18(7-21(19)25)35(2,30)31;1-24(2,3)34-23(29)28-10-16-12-32-13-17(11-28)20(16)14-33-22-26-8-15(9-27-22)19-6-5-18(7-21(19)25)35(4,30)31;1-28(24,25)15-2-3-16(18(20)4-15)12-7-22-19(23-8-12)27-11-17-13-5-21-6-14(17)10-26-9-13;1-9(4-5-9)14-8(13)15-10-6(11)2-3-7(10)12/h3-4,7-9,16-17,20H,5-6,10-14H2,1-2H3;5-9,16-17,20H,10-14H2,1-4H3;2-4,7-8,13-14,17,21H,5-6,9-11H2,1H3;2-5H2,1H3. The summed E-state index contributed by atoms with van der Waals surface area (Å²) in [5, 5.41) is 3.90. The zero-order chi connectivity index (χ0) is 81.0. The van der Waals surface area contributed by atoms with E-state index in [1.54, 1.807) is 16.7 Å². The number of fused-ring (bicyclic) bond motifs is 6. The van der Waals surface area contributed by atoms with E-state index in [1.807, 2.05) is 27.7 Å². The van der Waals surface area contributed by atoms with Crippen molar-refractivity contribution in [2.24, 2.45) is 53.3 Å².